The van der Waals surface area contributed by atoms with E-state index in [-0.39, 0.29) is 24.8 Å². The number of amides is 1. The predicted molar refractivity (Wildman–Crippen MR) is 86.0 cm³/mol. The number of halogens is 1. The van der Waals surface area contributed by atoms with Gasteiger partial charge in [0.25, 0.3) is 0 Å². The van der Waals surface area contributed by atoms with E-state index in [0.29, 0.717) is 17.3 Å². The summed E-state index contributed by atoms with van der Waals surface area (Å²) in [5.41, 5.74) is 0.638. The predicted octanol–water partition coefficient (Wildman–Crippen LogP) is 2.59. The van der Waals surface area contributed by atoms with Gasteiger partial charge in [0.2, 0.25) is 15.9 Å². The zero-order valence-electron chi connectivity index (χ0n) is 12.5. The third-order valence-electron chi connectivity index (χ3n) is 2.75. The van der Waals surface area contributed by atoms with Crippen LogP contribution >= 0.6 is 11.6 Å². The molecule has 0 radical (unpaired) electrons. The first-order chi connectivity index (χ1) is 9.68. The topological polar surface area (TPSA) is 66.5 Å². The second-order valence-corrected chi connectivity index (χ2v) is 7.74. The molecule has 0 saturated carbocycles. The Hall–Kier alpha value is -1.11. The van der Waals surface area contributed by atoms with Crippen LogP contribution in [0.25, 0.3) is 0 Å². The van der Waals surface area contributed by atoms with Crippen molar-refractivity contribution in [3.63, 3.8) is 0 Å². The molecule has 1 rings (SSSR count). The van der Waals surface area contributed by atoms with E-state index < -0.39 is 10.0 Å². The molecule has 0 fully saturated rings. The highest BCUT2D eigenvalue weighted by atomic mass is 35.5. The minimum atomic E-state index is -3.30. The van der Waals surface area contributed by atoms with Crippen molar-refractivity contribution in [2.45, 2.75) is 20.3 Å². The number of anilines is 1. The molecule has 118 valence electrons. The van der Waals surface area contributed by atoms with Crippen molar-refractivity contribution < 1.29 is 13.2 Å². The van der Waals surface area contributed by atoms with Crippen LogP contribution in [0.1, 0.15) is 20.3 Å². The Balaban J connectivity index is 2.55. The summed E-state index contributed by atoms with van der Waals surface area (Å²) >= 11 is 5.76. The fourth-order valence-corrected chi connectivity index (χ4v) is 2.90. The molecule has 0 heterocycles. The second kappa shape index (κ2) is 7.77. The number of nitrogens with one attached hydrogen (secondary N) is 1. The molecule has 0 aliphatic heterocycles. The summed E-state index contributed by atoms with van der Waals surface area (Å²) in [6.07, 6.45) is 1.27. The quantitative estimate of drug-likeness (QED) is 0.834. The zero-order chi connectivity index (χ0) is 16.0. The van der Waals surface area contributed by atoms with Crippen LogP contribution in [0.2, 0.25) is 5.02 Å². The van der Waals surface area contributed by atoms with Gasteiger partial charge >= 0.3 is 0 Å². The number of hydrogen-bond donors (Lipinski definition) is 1. The minimum Gasteiger partial charge on any atom is -0.326 e. The van der Waals surface area contributed by atoms with Gasteiger partial charge in [-0.05, 0) is 30.2 Å². The standard InChI is InChI=1S/C14H21ClN2O3S/c1-11(2)10-17(21(3,19)20)9-8-14(18)16-13-6-4-12(15)5-7-13/h4-7,11H,8-10H2,1-3H3,(H,16,18). The van der Waals surface area contributed by atoms with Crippen molar-refractivity contribution >= 4 is 33.2 Å². The third kappa shape index (κ3) is 6.93. The molecule has 7 heteroatoms. The van der Waals surface area contributed by atoms with Crippen molar-refractivity contribution in [1.82, 2.24) is 4.31 Å². The maximum Gasteiger partial charge on any atom is 0.225 e. The maximum atomic E-state index is 11.8. The van der Waals surface area contributed by atoms with Gasteiger partial charge in [0.15, 0.2) is 0 Å². The van der Waals surface area contributed by atoms with Gasteiger partial charge in [-0.1, -0.05) is 25.4 Å². The Morgan fingerprint density at radius 3 is 2.33 bits per heavy atom. The summed E-state index contributed by atoms with van der Waals surface area (Å²) in [6.45, 7) is 4.46. The second-order valence-electron chi connectivity index (χ2n) is 5.32. The molecule has 0 unspecified atom stereocenters. The fourth-order valence-electron chi connectivity index (χ4n) is 1.78. The number of benzene rings is 1. The van der Waals surface area contributed by atoms with Crippen LogP contribution in [-0.2, 0) is 14.8 Å². The first-order valence-electron chi connectivity index (χ1n) is 6.69. The molecule has 0 aliphatic rings. The van der Waals surface area contributed by atoms with Crippen LogP contribution in [0, 0.1) is 5.92 Å². The average molecular weight is 333 g/mol. The van der Waals surface area contributed by atoms with Crippen molar-refractivity contribution in [3.05, 3.63) is 29.3 Å². The van der Waals surface area contributed by atoms with Gasteiger partial charge in [0.05, 0.1) is 6.26 Å². The van der Waals surface area contributed by atoms with E-state index in [0.717, 1.165) is 6.26 Å². The lowest BCUT2D eigenvalue weighted by molar-refractivity contribution is -0.116. The molecule has 21 heavy (non-hydrogen) atoms. The van der Waals surface area contributed by atoms with Gasteiger partial charge < -0.3 is 5.32 Å². The van der Waals surface area contributed by atoms with Crippen LogP contribution in [0.3, 0.4) is 0 Å². The number of carbonyl (C=O) groups excluding carboxylic acids is 1. The van der Waals surface area contributed by atoms with E-state index in [4.69, 9.17) is 11.6 Å². The van der Waals surface area contributed by atoms with E-state index >= 15 is 0 Å². The Morgan fingerprint density at radius 1 is 1.29 bits per heavy atom. The van der Waals surface area contributed by atoms with Crippen LogP contribution < -0.4 is 5.32 Å². The SMILES string of the molecule is CC(C)CN(CCC(=O)Nc1ccc(Cl)cc1)S(C)(=O)=O. The van der Waals surface area contributed by atoms with Crippen LogP contribution in [0.15, 0.2) is 24.3 Å². The molecular weight excluding hydrogens is 312 g/mol. The summed E-state index contributed by atoms with van der Waals surface area (Å²) in [7, 11) is -3.30. The molecule has 0 saturated heterocycles. The van der Waals surface area contributed by atoms with E-state index in [9.17, 15) is 13.2 Å². The molecule has 0 spiro atoms. The van der Waals surface area contributed by atoms with Crippen LogP contribution in [0.4, 0.5) is 5.69 Å². The van der Waals surface area contributed by atoms with Gasteiger partial charge in [0, 0.05) is 30.2 Å². The number of hydrogen-bond acceptors (Lipinski definition) is 3. The van der Waals surface area contributed by atoms with Crippen molar-refractivity contribution in [3.8, 4) is 0 Å². The molecule has 1 amide bonds. The largest absolute Gasteiger partial charge is 0.326 e. The van der Waals surface area contributed by atoms with Gasteiger partial charge in [-0.3, -0.25) is 4.79 Å². The summed E-state index contributed by atoms with van der Waals surface area (Å²) in [6, 6.07) is 6.75. The highest BCUT2D eigenvalue weighted by Gasteiger charge is 2.18. The summed E-state index contributed by atoms with van der Waals surface area (Å²) in [5, 5.41) is 3.30. The number of nitrogens with zero attached hydrogens (tertiary/aromatic N) is 1. The first kappa shape index (κ1) is 17.9. The average Bonchev–Trinajstić information content (AvgIpc) is 2.35. The molecule has 0 atom stereocenters. The summed E-state index contributed by atoms with van der Waals surface area (Å²) in [5.74, 6) is -0.0196. The molecule has 1 aromatic rings. The number of rotatable bonds is 7. The Kier molecular flexibility index (Phi) is 6.64. The molecule has 1 aromatic carbocycles. The number of sulfonamides is 1. The third-order valence-corrected chi connectivity index (χ3v) is 4.28. The van der Waals surface area contributed by atoms with Crippen molar-refractivity contribution in [2.75, 3.05) is 24.7 Å². The van der Waals surface area contributed by atoms with Gasteiger partial charge in [-0.25, -0.2) is 12.7 Å². The lowest BCUT2D eigenvalue weighted by Gasteiger charge is -2.21. The smallest absolute Gasteiger partial charge is 0.225 e. The Morgan fingerprint density at radius 2 is 1.86 bits per heavy atom. The summed E-state index contributed by atoms with van der Waals surface area (Å²) < 4.78 is 24.6. The van der Waals surface area contributed by atoms with Gasteiger partial charge in [0.1, 0.15) is 0 Å². The van der Waals surface area contributed by atoms with Gasteiger partial charge in [-0.2, -0.15) is 0 Å². The van der Waals surface area contributed by atoms with E-state index in [1.54, 1.807) is 24.3 Å². The maximum absolute atomic E-state index is 11.8. The lowest BCUT2D eigenvalue weighted by Crippen LogP contribution is -2.35. The number of carbonyl (C=O) groups is 1. The highest BCUT2D eigenvalue weighted by molar-refractivity contribution is 7.88. The summed E-state index contributed by atoms with van der Waals surface area (Å²) in [4.78, 5) is 11.8. The molecule has 0 aromatic heterocycles. The van der Waals surface area contributed by atoms with Crippen LogP contribution in [0.5, 0.6) is 0 Å². The Labute approximate surface area is 131 Å². The minimum absolute atomic E-state index is 0.114. The molecule has 0 aliphatic carbocycles. The molecule has 1 N–H and O–H groups in total. The van der Waals surface area contributed by atoms with Crippen molar-refractivity contribution in [2.24, 2.45) is 5.92 Å². The van der Waals surface area contributed by atoms with E-state index in [1.807, 2.05) is 13.8 Å². The Bertz CT molecular complexity index is 570. The zero-order valence-corrected chi connectivity index (χ0v) is 14.0. The van der Waals surface area contributed by atoms with Crippen LogP contribution in [-0.4, -0.2) is 38.0 Å². The first-order valence-corrected chi connectivity index (χ1v) is 8.91. The molecule has 5 nitrogen and oxygen atoms in total. The van der Waals surface area contributed by atoms with Crippen molar-refractivity contribution in [1.29, 1.82) is 0 Å². The molecular formula is C14H21ClN2O3S. The fraction of sp³-hybridized carbons (Fsp3) is 0.500. The normalized spacial score (nSPS) is 11.9. The van der Waals surface area contributed by atoms with Gasteiger partial charge in [-0.15, -0.1) is 0 Å². The monoisotopic (exact) mass is 332 g/mol. The van der Waals surface area contributed by atoms with E-state index in [1.165, 1.54) is 4.31 Å². The lowest BCUT2D eigenvalue weighted by atomic mass is 10.2. The van der Waals surface area contributed by atoms with E-state index in [2.05, 4.69) is 5.32 Å². The highest BCUT2D eigenvalue weighted by Crippen LogP contribution is 2.14. The molecule has 0 bridgehead atoms.